The van der Waals surface area contributed by atoms with Gasteiger partial charge in [-0.3, -0.25) is 4.79 Å². The molecule has 6 nitrogen and oxygen atoms in total. The van der Waals surface area contributed by atoms with Gasteiger partial charge in [0.25, 0.3) is 0 Å². The first-order chi connectivity index (χ1) is 8.95. The van der Waals surface area contributed by atoms with Crippen LogP contribution in [0.4, 0.5) is 4.79 Å². The molecule has 0 aliphatic carbocycles. The van der Waals surface area contributed by atoms with E-state index in [0.29, 0.717) is 13.0 Å². The van der Waals surface area contributed by atoms with E-state index >= 15 is 0 Å². The molecule has 1 aliphatic heterocycles. The molecular formula is C12H24N4O2S. The van der Waals surface area contributed by atoms with Crippen LogP contribution in [-0.4, -0.2) is 72.5 Å². The van der Waals surface area contributed by atoms with E-state index in [2.05, 4.69) is 10.2 Å². The number of hydrogen-bond acceptors (Lipinski definition) is 4. The van der Waals surface area contributed by atoms with E-state index in [4.69, 9.17) is 5.73 Å². The molecule has 2 atom stereocenters. The van der Waals surface area contributed by atoms with Crippen LogP contribution in [0.2, 0.25) is 0 Å². The number of primary amides is 1. The fraction of sp³-hybridized carbons (Fsp3) is 0.833. The quantitative estimate of drug-likeness (QED) is 0.743. The first kappa shape index (κ1) is 16.1. The summed E-state index contributed by atoms with van der Waals surface area (Å²) in [5, 5.41) is 2.56. The molecule has 3 N–H and O–H groups in total. The van der Waals surface area contributed by atoms with Gasteiger partial charge in [0, 0.05) is 25.7 Å². The Morgan fingerprint density at radius 2 is 2.16 bits per heavy atom. The van der Waals surface area contributed by atoms with Crippen LogP contribution in [0.25, 0.3) is 0 Å². The lowest BCUT2D eigenvalue weighted by atomic mass is 10.1. The van der Waals surface area contributed by atoms with Gasteiger partial charge in [0.05, 0.1) is 0 Å². The molecule has 1 saturated heterocycles. The van der Waals surface area contributed by atoms with Gasteiger partial charge in [-0.1, -0.05) is 0 Å². The van der Waals surface area contributed by atoms with E-state index in [1.54, 1.807) is 11.8 Å². The molecule has 1 aliphatic rings. The van der Waals surface area contributed by atoms with Gasteiger partial charge in [0.15, 0.2) is 0 Å². The van der Waals surface area contributed by atoms with Crippen molar-refractivity contribution in [3.8, 4) is 0 Å². The SMILES string of the molecule is CSCC[C@H](NC(N)=O)C(=O)N1CCN(C)C[C@H]1C. The topological polar surface area (TPSA) is 78.7 Å². The number of rotatable bonds is 5. The van der Waals surface area contributed by atoms with Gasteiger partial charge in [0.2, 0.25) is 5.91 Å². The lowest BCUT2D eigenvalue weighted by Gasteiger charge is -2.39. The number of nitrogens with two attached hydrogens (primary N) is 1. The van der Waals surface area contributed by atoms with Crippen molar-refractivity contribution in [1.29, 1.82) is 0 Å². The number of amides is 3. The fourth-order valence-electron chi connectivity index (χ4n) is 2.33. The summed E-state index contributed by atoms with van der Waals surface area (Å²) in [5.74, 6) is 0.798. The van der Waals surface area contributed by atoms with E-state index in [9.17, 15) is 9.59 Å². The summed E-state index contributed by atoms with van der Waals surface area (Å²) in [5.41, 5.74) is 5.15. The number of hydrogen-bond donors (Lipinski definition) is 2. The number of thioether (sulfide) groups is 1. The van der Waals surface area contributed by atoms with Crippen molar-refractivity contribution in [1.82, 2.24) is 15.1 Å². The van der Waals surface area contributed by atoms with E-state index in [1.807, 2.05) is 25.1 Å². The highest BCUT2D eigenvalue weighted by Crippen LogP contribution is 2.12. The standard InChI is InChI=1S/C12H24N4O2S/c1-9-8-15(2)5-6-16(9)11(17)10(4-7-19-3)14-12(13)18/h9-10H,4-8H2,1-3H3,(H3,13,14,18)/t9-,10+/m1/s1. The van der Waals surface area contributed by atoms with Crippen LogP contribution in [0, 0.1) is 0 Å². The average molecular weight is 288 g/mol. The molecule has 110 valence electrons. The van der Waals surface area contributed by atoms with Crippen molar-refractivity contribution in [3.05, 3.63) is 0 Å². The number of nitrogens with zero attached hydrogens (tertiary/aromatic N) is 2. The normalized spacial score (nSPS) is 22.1. The highest BCUT2D eigenvalue weighted by molar-refractivity contribution is 7.98. The highest BCUT2D eigenvalue weighted by atomic mass is 32.2. The van der Waals surface area contributed by atoms with Gasteiger partial charge in [-0.2, -0.15) is 11.8 Å². The number of urea groups is 1. The minimum Gasteiger partial charge on any atom is -0.352 e. The van der Waals surface area contributed by atoms with Crippen LogP contribution < -0.4 is 11.1 Å². The van der Waals surface area contributed by atoms with Crippen LogP contribution in [0.5, 0.6) is 0 Å². The van der Waals surface area contributed by atoms with Gasteiger partial charge in [-0.05, 0) is 32.4 Å². The molecule has 1 fully saturated rings. The predicted molar refractivity (Wildman–Crippen MR) is 78.2 cm³/mol. The second kappa shape index (κ2) is 7.59. The number of carbonyl (C=O) groups excluding carboxylic acids is 2. The summed E-state index contributed by atoms with van der Waals surface area (Å²) in [7, 11) is 2.05. The minimum atomic E-state index is -0.638. The average Bonchev–Trinajstić information content (AvgIpc) is 2.33. The monoisotopic (exact) mass is 288 g/mol. The highest BCUT2D eigenvalue weighted by Gasteiger charge is 2.31. The van der Waals surface area contributed by atoms with Crippen LogP contribution in [-0.2, 0) is 4.79 Å². The molecular weight excluding hydrogens is 264 g/mol. The van der Waals surface area contributed by atoms with E-state index < -0.39 is 12.1 Å². The number of piperazine rings is 1. The van der Waals surface area contributed by atoms with Crippen molar-refractivity contribution >= 4 is 23.7 Å². The Balaban J connectivity index is 2.66. The number of carbonyl (C=O) groups is 2. The zero-order chi connectivity index (χ0) is 14.4. The van der Waals surface area contributed by atoms with Gasteiger partial charge >= 0.3 is 6.03 Å². The van der Waals surface area contributed by atoms with Crippen molar-refractivity contribution in [2.45, 2.75) is 25.4 Å². The maximum Gasteiger partial charge on any atom is 0.312 e. The maximum atomic E-state index is 12.5. The van der Waals surface area contributed by atoms with Crippen LogP contribution in [0.15, 0.2) is 0 Å². The second-order valence-corrected chi connectivity index (χ2v) is 5.97. The molecule has 0 spiro atoms. The summed E-state index contributed by atoms with van der Waals surface area (Å²) in [6.45, 7) is 4.45. The van der Waals surface area contributed by atoms with Crippen LogP contribution >= 0.6 is 11.8 Å². The van der Waals surface area contributed by atoms with Gasteiger partial charge in [0.1, 0.15) is 6.04 Å². The summed E-state index contributed by atoms with van der Waals surface area (Å²) in [6.07, 6.45) is 2.59. The number of nitrogens with one attached hydrogen (secondary N) is 1. The molecule has 0 aromatic heterocycles. The van der Waals surface area contributed by atoms with Crippen molar-refractivity contribution in [2.75, 3.05) is 38.7 Å². The van der Waals surface area contributed by atoms with Gasteiger partial charge < -0.3 is 20.9 Å². The van der Waals surface area contributed by atoms with Gasteiger partial charge in [-0.15, -0.1) is 0 Å². The van der Waals surface area contributed by atoms with Crippen molar-refractivity contribution in [3.63, 3.8) is 0 Å². The maximum absolute atomic E-state index is 12.5. The van der Waals surface area contributed by atoms with E-state index in [0.717, 1.165) is 18.8 Å². The first-order valence-corrected chi connectivity index (χ1v) is 7.89. The molecule has 1 rings (SSSR count). The lowest BCUT2D eigenvalue weighted by Crippen LogP contribution is -2.58. The molecule has 0 radical (unpaired) electrons. The third kappa shape index (κ3) is 4.91. The molecule has 19 heavy (non-hydrogen) atoms. The molecule has 0 unspecified atom stereocenters. The van der Waals surface area contributed by atoms with E-state index in [1.165, 1.54) is 0 Å². The molecule has 0 aromatic rings. The van der Waals surface area contributed by atoms with Crippen molar-refractivity contribution in [2.24, 2.45) is 5.73 Å². The largest absolute Gasteiger partial charge is 0.352 e. The van der Waals surface area contributed by atoms with E-state index in [-0.39, 0.29) is 11.9 Å². The summed E-state index contributed by atoms with van der Waals surface area (Å²) >= 11 is 1.65. The van der Waals surface area contributed by atoms with Crippen LogP contribution in [0.1, 0.15) is 13.3 Å². The third-order valence-electron chi connectivity index (χ3n) is 3.34. The molecule has 1 heterocycles. The Bertz CT molecular complexity index is 327. The minimum absolute atomic E-state index is 0.0200. The lowest BCUT2D eigenvalue weighted by molar-refractivity contribution is -0.137. The smallest absolute Gasteiger partial charge is 0.312 e. The zero-order valence-corrected chi connectivity index (χ0v) is 12.7. The Hall–Kier alpha value is -0.950. The molecule has 7 heteroatoms. The Labute approximate surface area is 119 Å². The molecule has 0 aromatic carbocycles. The number of likely N-dealkylation sites (N-methyl/N-ethyl adjacent to an activating group) is 1. The Morgan fingerprint density at radius 3 is 2.68 bits per heavy atom. The molecule has 3 amide bonds. The first-order valence-electron chi connectivity index (χ1n) is 6.49. The Morgan fingerprint density at radius 1 is 1.47 bits per heavy atom. The molecule has 0 saturated carbocycles. The second-order valence-electron chi connectivity index (χ2n) is 4.99. The third-order valence-corrected chi connectivity index (χ3v) is 3.98. The Kier molecular flexibility index (Phi) is 6.44. The predicted octanol–water partition coefficient (Wildman–Crippen LogP) is -0.0611. The molecule has 0 bridgehead atoms. The zero-order valence-electron chi connectivity index (χ0n) is 11.9. The summed E-state index contributed by atoms with van der Waals surface area (Å²) in [4.78, 5) is 27.6. The van der Waals surface area contributed by atoms with Crippen molar-refractivity contribution < 1.29 is 9.59 Å². The fourth-order valence-corrected chi connectivity index (χ4v) is 2.80. The summed E-state index contributed by atoms with van der Waals surface area (Å²) < 4.78 is 0. The van der Waals surface area contributed by atoms with Crippen LogP contribution in [0.3, 0.4) is 0 Å². The summed E-state index contributed by atoms with van der Waals surface area (Å²) in [6, 6.07) is -0.977. The van der Waals surface area contributed by atoms with Gasteiger partial charge in [-0.25, -0.2) is 4.79 Å².